The van der Waals surface area contributed by atoms with E-state index in [1.54, 1.807) is 7.05 Å². The third kappa shape index (κ3) is 4.39. The maximum absolute atomic E-state index is 11.3. The van der Waals surface area contributed by atoms with Crippen LogP contribution in [0.3, 0.4) is 0 Å². The summed E-state index contributed by atoms with van der Waals surface area (Å²) in [6.07, 6.45) is 2.83. The third-order valence-electron chi connectivity index (χ3n) is 3.90. The van der Waals surface area contributed by atoms with E-state index in [9.17, 15) is 4.79 Å². The highest BCUT2D eigenvalue weighted by Crippen LogP contribution is 2.24. The van der Waals surface area contributed by atoms with E-state index in [0.29, 0.717) is 18.9 Å². The van der Waals surface area contributed by atoms with Crippen LogP contribution in [0.1, 0.15) is 36.7 Å². The number of anilines is 1. The van der Waals surface area contributed by atoms with Crippen molar-refractivity contribution in [3.8, 4) is 0 Å². The summed E-state index contributed by atoms with van der Waals surface area (Å²) in [5.74, 6) is 2.20. The highest BCUT2D eigenvalue weighted by molar-refractivity contribution is 5.76. The van der Waals surface area contributed by atoms with Crippen LogP contribution in [0.25, 0.3) is 0 Å². The number of hydrogen-bond donors (Lipinski definition) is 2. The molecule has 0 radical (unpaired) electrons. The van der Waals surface area contributed by atoms with E-state index in [-0.39, 0.29) is 5.91 Å². The minimum atomic E-state index is 0.0457. The van der Waals surface area contributed by atoms with E-state index in [1.165, 1.54) is 12.8 Å². The summed E-state index contributed by atoms with van der Waals surface area (Å²) >= 11 is 0. The SMILES string of the molecule is CNC(=O)CCN(C)c1cc([C@@H]2CCCNC2)nc(C)n1. The van der Waals surface area contributed by atoms with Gasteiger partial charge in [-0.15, -0.1) is 0 Å². The van der Waals surface area contributed by atoms with Crippen molar-refractivity contribution in [2.45, 2.75) is 32.1 Å². The van der Waals surface area contributed by atoms with E-state index < -0.39 is 0 Å². The van der Waals surface area contributed by atoms with Gasteiger partial charge >= 0.3 is 0 Å². The topological polar surface area (TPSA) is 70.2 Å². The van der Waals surface area contributed by atoms with Gasteiger partial charge in [0.15, 0.2) is 0 Å². The number of hydrogen-bond acceptors (Lipinski definition) is 5. The van der Waals surface area contributed by atoms with Gasteiger partial charge in [-0.05, 0) is 26.3 Å². The Morgan fingerprint density at radius 2 is 2.33 bits per heavy atom. The lowest BCUT2D eigenvalue weighted by atomic mass is 9.96. The summed E-state index contributed by atoms with van der Waals surface area (Å²) in [6, 6.07) is 2.06. The Balaban J connectivity index is 2.08. The Morgan fingerprint density at radius 3 is 3.00 bits per heavy atom. The number of rotatable bonds is 5. The maximum atomic E-state index is 11.3. The fourth-order valence-electron chi connectivity index (χ4n) is 2.59. The number of nitrogens with one attached hydrogen (secondary N) is 2. The average Bonchev–Trinajstić information content (AvgIpc) is 2.52. The summed E-state index contributed by atoms with van der Waals surface area (Å²) in [4.78, 5) is 22.5. The molecule has 0 spiro atoms. The van der Waals surface area contributed by atoms with Crippen LogP contribution >= 0.6 is 0 Å². The lowest BCUT2D eigenvalue weighted by Crippen LogP contribution is -2.30. The zero-order valence-electron chi connectivity index (χ0n) is 13.1. The number of aromatic nitrogens is 2. The van der Waals surface area contributed by atoms with Crippen LogP contribution in [0.5, 0.6) is 0 Å². The first-order valence-corrected chi connectivity index (χ1v) is 7.58. The van der Waals surface area contributed by atoms with Crippen LogP contribution in [-0.2, 0) is 4.79 Å². The van der Waals surface area contributed by atoms with Gasteiger partial charge in [-0.2, -0.15) is 0 Å². The molecule has 1 aromatic heterocycles. The zero-order chi connectivity index (χ0) is 15.2. The van der Waals surface area contributed by atoms with Gasteiger partial charge in [0.1, 0.15) is 11.6 Å². The summed E-state index contributed by atoms with van der Waals surface area (Å²) in [5.41, 5.74) is 1.11. The number of carbonyl (C=O) groups excluding carboxylic acids is 1. The lowest BCUT2D eigenvalue weighted by Gasteiger charge is -2.24. The molecule has 1 aromatic rings. The van der Waals surface area contributed by atoms with Gasteiger partial charge in [0.2, 0.25) is 5.91 Å². The minimum absolute atomic E-state index is 0.0457. The molecule has 6 heteroatoms. The van der Waals surface area contributed by atoms with Gasteiger partial charge in [0.05, 0.1) is 5.69 Å². The lowest BCUT2D eigenvalue weighted by molar-refractivity contribution is -0.120. The summed E-state index contributed by atoms with van der Waals surface area (Å²) in [7, 11) is 3.62. The molecular formula is C15H25N5O. The van der Waals surface area contributed by atoms with Gasteiger partial charge in [-0.3, -0.25) is 4.79 Å². The molecule has 1 aliphatic heterocycles. The molecule has 0 aliphatic carbocycles. The molecule has 1 aliphatic rings. The van der Waals surface area contributed by atoms with Crippen LogP contribution in [0.2, 0.25) is 0 Å². The molecule has 2 heterocycles. The predicted molar refractivity (Wildman–Crippen MR) is 83.6 cm³/mol. The average molecular weight is 291 g/mol. The number of piperidine rings is 1. The quantitative estimate of drug-likeness (QED) is 0.841. The van der Waals surface area contributed by atoms with E-state index in [1.807, 2.05) is 18.9 Å². The molecule has 0 aromatic carbocycles. The Hall–Kier alpha value is -1.69. The second-order valence-corrected chi connectivity index (χ2v) is 5.59. The van der Waals surface area contributed by atoms with Crippen molar-refractivity contribution in [3.63, 3.8) is 0 Å². The third-order valence-corrected chi connectivity index (χ3v) is 3.90. The van der Waals surface area contributed by atoms with Crippen molar-refractivity contribution in [2.75, 3.05) is 38.6 Å². The number of carbonyl (C=O) groups is 1. The van der Waals surface area contributed by atoms with Gasteiger partial charge in [0.25, 0.3) is 0 Å². The van der Waals surface area contributed by atoms with Gasteiger partial charge in [-0.1, -0.05) is 0 Å². The highest BCUT2D eigenvalue weighted by atomic mass is 16.1. The highest BCUT2D eigenvalue weighted by Gasteiger charge is 2.18. The first kappa shape index (κ1) is 15.7. The van der Waals surface area contributed by atoms with Crippen molar-refractivity contribution in [1.29, 1.82) is 0 Å². The largest absolute Gasteiger partial charge is 0.359 e. The Kier molecular flexibility index (Phi) is 5.50. The Labute approximate surface area is 126 Å². The Bertz CT molecular complexity index is 485. The molecule has 2 rings (SSSR count). The van der Waals surface area contributed by atoms with Crippen molar-refractivity contribution >= 4 is 11.7 Å². The van der Waals surface area contributed by atoms with Crippen molar-refractivity contribution in [3.05, 3.63) is 17.6 Å². The maximum Gasteiger partial charge on any atom is 0.221 e. The molecule has 21 heavy (non-hydrogen) atoms. The van der Waals surface area contributed by atoms with Crippen molar-refractivity contribution in [2.24, 2.45) is 0 Å². The second kappa shape index (κ2) is 7.36. The number of amides is 1. The van der Waals surface area contributed by atoms with Crippen LogP contribution in [0.4, 0.5) is 5.82 Å². The normalized spacial score (nSPS) is 18.3. The monoisotopic (exact) mass is 291 g/mol. The van der Waals surface area contributed by atoms with Gasteiger partial charge < -0.3 is 15.5 Å². The van der Waals surface area contributed by atoms with Crippen LogP contribution < -0.4 is 15.5 Å². The molecule has 1 atom stereocenters. The standard InChI is InChI=1S/C15H25N5O/c1-11-18-13(12-5-4-7-17-10-12)9-14(19-11)20(3)8-6-15(21)16-2/h9,12,17H,4-8,10H2,1-3H3,(H,16,21)/t12-/m1/s1. The summed E-state index contributed by atoms with van der Waals surface area (Å²) in [5, 5.41) is 6.06. The van der Waals surface area contributed by atoms with E-state index in [4.69, 9.17) is 0 Å². The number of aryl methyl sites for hydroxylation is 1. The number of nitrogens with zero attached hydrogens (tertiary/aromatic N) is 3. The molecule has 1 fully saturated rings. The van der Waals surface area contributed by atoms with E-state index in [2.05, 4.69) is 26.7 Å². The molecule has 0 saturated carbocycles. The van der Waals surface area contributed by atoms with Gasteiger partial charge in [-0.25, -0.2) is 9.97 Å². The van der Waals surface area contributed by atoms with Crippen LogP contribution in [0, 0.1) is 6.92 Å². The molecule has 0 bridgehead atoms. The van der Waals surface area contributed by atoms with Crippen LogP contribution in [0.15, 0.2) is 6.07 Å². The zero-order valence-corrected chi connectivity index (χ0v) is 13.1. The van der Waals surface area contributed by atoms with E-state index in [0.717, 1.165) is 30.4 Å². The van der Waals surface area contributed by atoms with Crippen molar-refractivity contribution < 1.29 is 4.79 Å². The molecule has 1 amide bonds. The molecular weight excluding hydrogens is 266 g/mol. The Morgan fingerprint density at radius 1 is 1.52 bits per heavy atom. The predicted octanol–water partition coefficient (Wildman–Crippen LogP) is 0.824. The molecule has 1 saturated heterocycles. The smallest absolute Gasteiger partial charge is 0.221 e. The first-order valence-electron chi connectivity index (χ1n) is 7.58. The minimum Gasteiger partial charge on any atom is -0.359 e. The van der Waals surface area contributed by atoms with E-state index >= 15 is 0 Å². The van der Waals surface area contributed by atoms with Crippen LogP contribution in [-0.4, -0.2) is 49.6 Å². The fourth-order valence-corrected chi connectivity index (χ4v) is 2.59. The summed E-state index contributed by atoms with van der Waals surface area (Å²) in [6.45, 7) is 4.66. The fraction of sp³-hybridized carbons (Fsp3) is 0.667. The molecule has 6 nitrogen and oxygen atoms in total. The second-order valence-electron chi connectivity index (χ2n) is 5.59. The molecule has 116 valence electrons. The molecule has 2 N–H and O–H groups in total. The molecule has 0 unspecified atom stereocenters. The first-order chi connectivity index (χ1) is 10.1. The van der Waals surface area contributed by atoms with Gasteiger partial charge in [0, 0.05) is 45.6 Å². The summed E-state index contributed by atoms with van der Waals surface area (Å²) < 4.78 is 0. The van der Waals surface area contributed by atoms with Crippen molar-refractivity contribution in [1.82, 2.24) is 20.6 Å².